The smallest absolute Gasteiger partial charge is 0.274 e. The van der Waals surface area contributed by atoms with Crippen LogP contribution >= 0.6 is 11.8 Å². The third kappa shape index (κ3) is 3.98. The second-order valence-corrected chi connectivity index (χ2v) is 7.27. The van der Waals surface area contributed by atoms with E-state index in [-0.39, 0.29) is 22.2 Å². The highest BCUT2D eigenvalue weighted by atomic mass is 32.2. The molecule has 0 unspecified atom stereocenters. The van der Waals surface area contributed by atoms with Crippen molar-refractivity contribution in [3.05, 3.63) is 17.9 Å². The first-order chi connectivity index (χ1) is 8.93. The van der Waals surface area contributed by atoms with Gasteiger partial charge in [-0.25, -0.2) is 13.1 Å². The summed E-state index contributed by atoms with van der Waals surface area (Å²) in [6.07, 6.45) is 3.75. The molecule has 19 heavy (non-hydrogen) atoms. The predicted molar refractivity (Wildman–Crippen MR) is 76.6 cm³/mol. The summed E-state index contributed by atoms with van der Waals surface area (Å²) in [5.41, 5.74) is 0. The van der Waals surface area contributed by atoms with Crippen molar-refractivity contribution in [3.8, 4) is 0 Å². The van der Waals surface area contributed by atoms with Crippen LogP contribution in [0.4, 0.5) is 0 Å². The first kappa shape index (κ1) is 16.6. The highest BCUT2D eigenvalue weighted by Crippen LogP contribution is 2.30. The van der Waals surface area contributed by atoms with E-state index in [0.717, 1.165) is 12.8 Å². The van der Waals surface area contributed by atoms with Gasteiger partial charge >= 0.3 is 0 Å². The third-order valence-corrected chi connectivity index (χ3v) is 6.22. The Bertz CT molecular complexity index is 483. The Morgan fingerprint density at radius 1 is 1.37 bits per heavy atom. The van der Waals surface area contributed by atoms with Gasteiger partial charge in [0.15, 0.2) is 0 Å². The molecule has 0 amide bonds. The molecule has 0 radical (unpaired) electrons. The number of aliphatic hydroxyl groups is 1. The molecule has 0 aromatic carbocycles. The van der Waals surface area contributed by atoms with Crippen molar-refractivity contribution in [1.29, 1.82) is 0 Å². The van der Waals surface area contributed by atoms with Crippen molar-refractivity contribution in [1.82, 2.24) is 4.72 Å². The van der Waals surface area contributed by atoms with Gasteiger partial charge < -0.3 is 9.52 Å². The summed E-state index contributed by atoms with van der Waals surface area (Å²) < 4.78 is 31.7. The number of hydrogen-bond acceptors (Lipinski definition) is 5. The summed E-state index contributed by atoms with van der Waals surface area (Å²) >= 11 is 1.67. The van der Waals surface area contributed by atoms with E-state index < -0.39 is 10.0 Å². The zero-order valence-electron chi connectivity index (χ0n) is 11.5. The van der Waals surface area contributed by atoms with Crippen LogP contribution in [0.15, 0.2) is 21.6 Å². The molecule has 1 aromatic heterocycles. The molecular formula is C12H21NO4S2. The maximum atomic E-state index is 12.1. The molecule has 0 saturated heterocycles. The maximum Gasteiger partial charge on any atom is 0.274 e. The lowest BCUT2D eigenvalue weighted by atomic mass is 10.0. The van der Waals surface area contributed by atoms with E-state index >= 15 is 0 Å². The summed E-state index contributed by atoms with van der Waals surface area (Å²) in [4.78, 5) is 0. The molecule has 1 rings (SSSR count). The van der Waals surface area contributed by atoms with Crippen molar-refractivity contribution in [3.63, 3.8) is 0 Å². The highest BCUT2D eigenvalue weighted by Gasteiger charge is 2.28. The molecular weight excluding hydrogens is 286 g/mol. The number of thioether (sulfide) groups is 1. The van der Waals surface area contributed by atoms with E-state index in [1.54, 1.807) is 11.8 Å². The molecule has 2 N–H and O–H groups in total. The average Bonchev–Trinajstić information content (AvgIpc) is 2.90. The van der Waals surface area contributed by atoms with Crippen LogP contribution in [0, 0.1) is 0 Å². The van der Waals surface area contributed by atoms with Gasteiger partial charge in [0.1, 0.15) is 12.4 Å². The molecule has 0 aliphatic rings. The lowest BCUT2D eigenvalue weighted by Gasteiger charge is -2.29. The molecule has 0 atom stereocenters. The molecule has 0 aliphatic heterocycles. The van der Waals surface area contributed by atoms with Crippen LogP contribution in [-0.2, 0) is 16.6 Å². The monoisotopic (exact) mass is 307 g/mol. The minimum absolute atomic E-state index is 0.0977. The van der Waals surface area contributed by atoms with Gasteiger partial charge in [-0.2, -0.15) is 11.8 Å². The van der Waals surface area contributed by atoms with E-state index in [0.29, 0.717) is 6.54 Å². The molecule has 5 nitrogen and oxygen atoms in total. The van der Waals surface area contributed by atoms with Crippen LogP contribution < -0.4 is 4.72 Å². The lowest BCUT2D eigenvalue weighted by molar-refractivity contribution is 0.236. The normalized spacial score (nSPS) is 12.8. The standard InChI is InChI=1S/C12H21NO4S2/c1-4-12(5-2,18-3)9-13-19(15,16)11-7-6-10(8-14)17-11/h6-7,13-14H,4-5,8-9H2,1-3H3. The zero-order valence-corrected chi connectivity index (χ0v) is 13.1. The fourth-order valence-corrected chi connectivity index (χ4v) is 3.70. The zero-order chi connectivity index (χ0) is 14.5. The number of rotatable bonds is 8. The van der Waals surface area contributed by atoms with Gasteiger partial charge in [0.2, 0.25) is 5.09 Å². The molecule has 0 aliphatic carbocycles. The van der Waals surface area contributed by atoms with Crippen molar-refractivity contribution in [2.75, 3.05) is 12.8 Å². The number of aliphatic hydroxyl groups excluding tert-OH is 1. The van der Waals surface area contributed by atoms with E-state index in [1.165, 1.54) is 12.1 Å². The largest absolute Gasteiger partial charge is 0.446 e. The molecule has 1 heterocycles. The Labute approximate surface area is 118 Å². The maximum absolute atomic E-state index is 12.1. The van der Waals surface area contributed by atoms with Gasteiger partial charge in [-0.1, -0.05) is 13.8 Å². The fraction of sp³-hybridized carbons (Fsp3) is 0.667. The van der Waals surface area contributed by atoms with E-state index in [4.69, 9.17) is 9.52 Å². The van der Waals surface area contributed by atoms with Gasteiger partial charge in [-0.15, -0.1) is 0 Å². The van der Waals surface area contributed by atoms with Crippen LogP contribution in [0.5, 0.6) is 0 Å². The number of furan rings is 1. The van der Waals surface area contributed by atoms with Gasteiger partial charge in [-0.3, -0.25) is 0 Å². The summed E-state index contributed by atoms with van der Waals surface area (Å²) in [5.74, 6) is 0.238. The number of nitrogens with one attached hydrogen (secondary N) is 1. The predicted octanol–water partition coefficient (Wildman–Crippen LogP) is 1.97. The molecule has 0 bridgehead atoms. The van der Waals surface area contributed by atoms with Crippen molar-refractivity contribution in [2.45, 2.75) is 43.1 Å². The quantitative estimate of drug-likeness (QED) is 0.767. The topological polar surface area (TPSA) is 79.5 Å². The van der Waals surface area contributed by atoms with Gasteiger partial charge in [0.25, 0.3) is 10.0 Å². The molecule has 0 saturated carbocycles. The van der Waals surface area contributed by atoms with E-state index in [2.05, 4.69) is 4.72 Å². The number of hydrogen-bond donors (Lipinski definition) is 2. The van der Waals surface area contributed by atoms with Gasteiger partial charge in [0.05, 0.1) is 0 Å². The Kier molecular flexibility index (Phi) is 5.91. The molecule has 110 valence electrons. The molecule has 7 heteroatoms. The lowest BCUT2D eigenvalue weighted by Crippen LogP contribution is -2.39. The second-order valence-electron chi connectivity index (χ2n) is 4.30. The van der Waals surface area contributed by atoms with Crippen LogP contribution in [0.1, 0.15) is 32.4 Å². The minimum Gasteiger partial charge on any atom is -0.446 e. The van der Waals surface area contributed by atoms with Crippen LogP contribution in [0.25, 0.3) is 0 Å². The molecule has 0 spiro atoms. The van der Waals surface area contributed by atoms with E-state index in [1.807, 2.05) is 20.1 Å². The first-order valence-electron chi connectivity index (χ1n) is 6.17. The molecule has 1 aromatic rings. The van der Waals surface area contributed by atoms with Crippen molar-refractivity contribution >= 4 is 21.8 Å². The second kappa shape index (κ2) is 6.78. The molecule has 0 fully saturated rings. The van der Waals surface area contributed by atoms with Crippen LogP contribution in [-0.4, -0.2) is 31.1 Å². The van der Waals surface area contributed by atoms with Crippen LogP contribution in [0.2, 0.25) is 0 Å². The Morgan fingerprint density at radius 2 is 2.00 bits per heavy atom. The Balaban J connectivity index is 2.80. The first-order valence-corrected chi connectivity index (χ1v) is 8.88. The van der Waals surface area contributed by atoms with Crippen LogP contribution in [0.3, 0.4) is 0 Å². The van der Waals surface area contributed by atoms with Gasteiger partial charge in [0, 0.05) is 11.3 Å². The summed E-state index contributed by atoms with van der Waals surface area (Å²) in [5, 5.41) is 8.72. The van der Waals surface area contributed by atoms with Gasteiger partial charge in [-0.05, 0) is 31.2 Å². The Morgan fingerprint density at radius 3 is 2.42 bits per heavy atom. The van der Waals surface area contributed by atoms with Crippen molar-refractivity contribution < 1.29 is 17.9 Å². The summed E-state index contributed by atoms with van der Waals surface area (Å²) in [6, 6.07) is 2.81. The third-order valence-electron chi connectivity index (χ3n) is 3.36. The van der Waals surface area contributed by atoms with Crippen molar-refractivity contribution in [2.24, 2.45) is 0 Å². The number of sulfonamides is 1. The van der Waals surface area contributed by atoms with E-state index in [9.17, 15) is 8.42 Å². The summed E-state index contributed by atoms with van der Waals surface area (Å²) in [7, 11) is -3.65. The Hall–Kier alpha value is -0.500. The highest BCUT2D eigenvalue weighted by molar-refractivity contribution is 8.00. The fourth-order valence-electron chi connectivity index (χ4n) is 1.75. The summed E-state index contributed by atoms with van der Waals surface area (Å²) in [6.45, 7) is 4.14. The SMILES string of the molecule is CCC(CC)(CNS(=O)(=O)c1ccc(CO)o1)SC. The minimum atomic E-state index is -3.65. The average molecular weight is 307 g/mol.